The maximum atomic E-state index is 13.2. The number of ether oxygens (including phenoxy) is 5. The minimum absolute atomic E-state index is 0.0410. The highest BCUT2D eigenvalue weighted by atomic mass is 16.7. The Bertz CT molecular complexity index is 1940. The summed E-state index contributed by atoms with van der Waals surface area (Å²) in [7, 11) is 0. The molecule has 3 fully saturated rings. The van der Waals surface area contributed by atoms with Gasteiger partial charge in [-0.05, 0) is 54.4 Å². The van der Waals surface area contributed by atoms with Crippen molar-refractivity contribution in [2.75, 3.05) is 32.9 Å². The van der Waals surface area contributed by atoms with E-state index in [0.29, 0.717) is 44.3 Å². The Morgan fingerprint density at radius 2 is 1.23 bits per heavy atom. The first-order valence-electron chi connectivity index (χ1n) is 21.1. The zero-order valence-electron chi connectivity index (χ0n) is 33.5. The molecule has 4 aromatic rings. The third-order valence-corrected chi connectivity index (χ3v) is 12.4. The minimum atomic E-state index is -1.50. The van der Waals surface area contributed by atoms with Crippen molar-refractivity contribution in [1.29, 1.82) is 0 Å². The fourth-order valence-electron chi connectivity index (χ4n) is 9.17. The lowest BCUT2D eigenvalue weighted by atomic mass is 9.89. The van der Waals surface area contributed by atoms with Gasteiger partial charge in [-0.2, -0.15) is 0 Å². The smallest absolute Gasteiger partial charge is 0.407 e. The fourth-order valence-corrected chi connectivity index (χ4v) is 9.17. The number of fused-ring (bicyclic) bond motifs is 3. The van der Waals surface area contributed by atoms with E-state index in [1.54, 1.807) is 0 Å². The van der Waals surface area contributed by atoms with Gasteiger partial charge in [-0.15, -0.1) is 0 Å². The highest BCUT2D eigenvalue weighted by Gasteiger charge is 2.42. The molecule has 0 spiro atoms. The van der Waals surface area contributed by atoms with Crippen LogP contribution in [0.15, 0.2) is 109 Å². The van der Waals surface area contributed by atoms with E-state index in [0.717, 1.165) is 27.8 Å². The van der Waals surface area contributed by atoms with Crippen LogP contribution in [-0.2, 0) is 23.7 Å². The summed E-state index contributed by atoms with van der Waals surface area (Å²) in [6.45, 7) is 0.314. The molecule has 8 rings (SSSR count). The molecule has 2 aliphatic carbocycles. The van der Waals surface area contributed by atoms with E-state index < -0.39 is 61.4 Å². The first kappa shape index (κ1) is 42.4. The largest absolute Gasteiger partial charge is 0.449 e. The van der Waals surface area contributed by atoms with Crippen molar-refractivity contribution < 1.29 is 54.0 Å². The summed E-state index contributed by atoms with van der Waals surface area (Å²) >= 11 is 0. The van der Waals surface area contributed by atoms with Gasteiger partial charge in [0.1, 0.15) is 31.0 Å². The number of hydrogen-bond donors (Lipinski definition) is 6. The first-order chi connectivity index (χ1) is 29.2. The Labute approximate surface area is 350 Å². The first-order valence-corrected chi connectivity index (χ1v) is 21.1. The minimum Gasteiger partial charge on any atom is -0.449 e. The fraction of sp³-hybridized carbons (Fsp3) is 0.468. The lowest BCUT2D eigenvalue weighted by Gasteiger charge is -2.42. The number of amides is 1. The Morgan fingerprint density at radius 1 is 0.683 bits per heavy atom. The molecule has 9 atom stereocenters. The molecule has 1 saturated carbocycles. The van der Waals surface area contributed by atoms with Gasteiger partial charge >= 0.3 is 6.09 Å². The summed E-state index contributed by atoms with van der Waals surface area (Å²) in [5.41, 5.74) is 6.11. The van der Waals surface area contributed by atoms with E-state index in [1.807, 2.05) is 89.8 Å². The van der Waals surface area contributed by atoms with Crippen LogP contribution in [0.2, 0.25) is 0 Å². The standard InChI is InChI=1S/C47H56N2O11/c50-38(42(53)41-23-24-56-45(59-41)29-11-3-1-4-12-29)25-49(26-39(51)43(54)44-40(52)28-57-46(60-44)30-13-5-2-6-14-30)32-21-19-31(20-22-32)48-47(55)58-27-37-35-17-9-7-15-33(35)34-16-8-10-18-36(34)37/h1-18,31-32,37-46,50-54H,19-28H2,(H,48,55)/t31?,32?,38-,39-,40+,41+,42+,43+,44?,45?,46?/m0/s1. The van der Waals surface area contributed by atoms with E-state index in [1.165, 1.54) is 0 Å². The van der Waals surface area contributed by atoms with Crippen LogP contribution < -0.4 is 5.32 Å². The summed E-state index contributed by atoms with van der Waals surface area (Å²) in [6, 6.07) is 34.6. The van der Waals surface area contributed by atoms with Crippen LogP contribution in [-0.4, -0.2) is 124 Å². The summed E-state index contributed by atoms with van der Waals surface area (Å²) in [6.07, 6.45) is -7.77. The van der Waals surface area contributed by atoms with Crippen LogP contribution in [0.3, 0.4) is 0 Å². The van der Waals surface area contributed by atoms with Crippen molar-refractivity contribution in [3.8, 4) is 11.1 Å². The Kier molecular flexibility index (Phi) is 13.9. The van der Waals surface area contributed by atoms with Crippen LogP contribution in [0.4, 0.5) is 4.79 Å². The number of aliphatic hydroxyl groups is 5. The number of hydrogen-bond acceptors (Lipinski definition) is 12. The monoisotopic (exact) mass is 824 g/mol. The quantitative estimate of drug-likeness (QED) is 0.105. The molecule has 4 aromatic carbocycles. The number of nitrogens with one attached hydrogen (secondary N) is 1. The van der Waals surface area contributed by atoms with Crippen LogP contribution in [0, 0.1) is 0 Å². The Balaban J connectivity index is 0.902. The molecule has 13 nitrogen and oxygen atoms in total. The molecule has 2 aliphatic heterocycles. The van der Waals surface area contributed by atoms with Crippen LogP contribution >= 0.6 is 0 Å². The van der Waals surface area contributed by atoms with Gasteiger partial charge in [0, 0.05) is 42.2 Å². The molecular weight excluding hydrogens is 769 g/mol. The normalized spacial score (nSPS) is 27.6. The molecule has 3 unspecified atom stereocenters. The average molecular weight is 825 g/mol. The number of alkyl carbamates (subject to hydrolysis) is 1. The van der Waals surface area contributed by atoms with Gasteiger partial charge in [0.15, 0.2) is 12.6 Å². The van der Waals surface area contributed by atoms with Crippen molar-refractivity contribution in [3.05, 3.63) is 131 Å². The van der Waals surface area contributed by atoms with E-state index in [9.17, 15) is 30.3 Å². The molecule has 0 radical (unpaired) electrons. The van der Waals surface area contributed by atoms with Gasteiger partial charge in [0.05, 0.1) is 31.5 Å². The highest BCUT2D eigenvalue weighted by Crippen LogP contribution is 2.44. The molecule has 2 heterocycles. The van der Waals surface area contributed by atoms with Crippen molar-refractivity contribution in [2.24, 2.45) is 0 Å². The molecule has 0 bridgehead atoms. The molecule has 4 aliphatic rings. The van der Waals surface area contributed by atoms with Crippen LogP contribution in [0.1, 0.15) is 72.9 Å². The van der Waals surface area contributed by atoms with E-state index in [2.05, 4.69) is 29.6 Å². The molecule has 1 amide bonds. The second-order valence-electron chi connectivity index (χ2n) is 16.4. The van der Waals surface area contributed by atoms with Crippen LogP contribution in [0.25, 0.3) is 11.1 Å². The van der Waals surface area contributed by atoms with E-state index >= 15 is 0 Å². The number of rotatable bonds is 14. The van der Waals surface area contributed by atoms with Crippen molar-refractivity contribution in [1.82, 2.24) is 10.2 Å². The van der Waals surface area contributed by atoms with Gasteiger partial charge < -0.3 is 54.5 Å². The Hall–Kier alpha value is -4.25. The topological polar surface area (TPSA) is 180 Å². The predicted octanol–water partition coefficient (Wildman–Crippen LogP) is 4.56. The molecule has 13 heteroatoms. The summed E-state index contributed by atoms with van der Waals surface area (Å²) < 4.78 is 29.5. The second kappa shape index (κ2) is 19.6. The number of benzene rings is 4. The lowest BCUT2D eigenvalue weighted by molar-refractivity contribution is -0.283. The van der Waals surface area contributed by atoms with E-state index in [4.69, 9.17) is 23.7 Å². The number of aliphatic hydroxyl groups excluding tert-OH is 5. The zero-order chi connectivity index (χ0) is 41.6. The number of carbonyl (C=O) groups is 1. The molecule has 320 valence electrons. The van der Waals surface area contributed by atoms with Gasteiger partial charge in [-0.1, -0.05) is 109 Å². The molecule has 0 aromatic heterocycles. The van der Waals surface area contributed by atoms with Gasteiger partial charge in [0.25, 0.3) is 0 Å². The average Bonchev–Trinajstić information content (AvgIpc) is 3.62. The molecule has 6 N–H and O–H groups in total. The van der Waals surface area contributed by atoms with Gasteiger partial charge in [-0.3, -0.25) is 4.90 Å². The molecule has 2 saturated heterocycles. The molecular formula is C47H56N2O11. The number of nitrogens with zero attached hydrogens (tertiary/aromatic N) is 1. The van der Waals surface area contributed by atoms with Gasteiger partial charge in [0.2, 0.25) is 0 Å². The van der Waals surface area contributed by atoms with Crippen molar-refractivity contribution in [2.45, 2.75) is 105 Å². The second-order valence-corrected chi connectivity index (χ2v) is 16.4. The van der Waals surface area contributed by atoms with E-state index in [-0.39, 0.29) is 44.3 Å². The SMILES string of the molecule is O=C(NC1CCC(N(C[C@H](O)[C@@H](O)[C@H]2CCOC(c3ccccc3)O2)C[C@H](O)[C@@H](O)C2OC(c3ccccc3)OC[C@H]2O)CC1)OCC1c2ccccc2-c2ccccc21. The maximum Gasteiger partial charge on any atom is 0.407 e. The third-order valence-electron chi connectivity index (χ3n) is 12.4. The van der Waals surface area contributed by atoms with Crippen LogP contribution in [0.5, 0.6) is 0 Å². The predicted molar refractivity (Wildman–Crippen MR) is 220 cm³/mol. The number of carbonyl (C=O) groups excluding carboxylic acids is 1. The lowest BCUT2D eigenvalue weighted by Crippen LogP contribution is -2.57. The summed E-state index contributed by atoms with van der Waals surface area (Å²) in [4.78, 5) is 15.1. The third kappa shape index (κ3) is 9.77. The Morgan fingerprint density at radius 3 is 1.85 bits per heavy atom. The van der Waals surface area contributed by atoms with Crippen molar-refractivity contribution >= 4 is 6.09 Å². The highest BCUT2D eigenvalue weighted by molar-refractivity contribution is 5.79. The summed E-state index contributed by atoms with van der Waals surface area (Å²) in [5, 5.41) is 59.9. The zero-order valence-corrected chi connectivity index (χ0v) is 33.5. The summed E-state index contributed by atoms with van der Waals surface area (Å²) in [5.74, 6) is -0.0522. The van der Waals surface area contributed by atoms with Crippen molar-refractivity contribution in [3.63, 3.8) is 0 Å². The molecule has 60 heavy (non-hydrogen) atoms. The maximum absolute atomic E-state index is 13.2. The van der Waals surface area contributed by atoms with Gasteiger partial charge in [-0.25, -0.2) is 4.79 Å².